The van der Waals surface area contributed by atoms with Gasteiger partial charge < -0.3 is 0 Å². The highest BCUT2D eigenvalue weighted by atomic mass is 16.6. The average Bonchev–Trinajstić information content (AvgIpc) is 2.39. The number of nitro groups is 2. The van der Waals surface area contributed by atoms with Gasteiger partial charge in [-0.15, -0.1) is 0 Å². The van der Waals surface area contributed by atoms with Crippen LogP contribution < -0.4 is 0 Å². The van der Waals surface area contributed by atoms with Crippen LogP contribution in [-0.4, -0.2) is 9.85 Å². The Hall–Kier alpha value is -1.98. The molecule has 0 radical (unpaired) electrons. The fourth-order valence-electron chi connectivity index (χ4n) is 2.50. The number of nitro benzene ring substituents is 2. The van der Waals surface area contributed by atoms with Crippen LogP contribution in [-0.2, 0) is 0 Å². The van der Waals surface area contributed by atoms with Crippen molar-refractivity contribution in [2.24, 2.45) is 0 Å². The Labute approximate surface area is 104 Å². The second kappa shape index (κ2) is 5.12. The Bertz CT molecular complexity index is 449. The Morgan fingerprint density at radius 2 is 1.39 bits per heavy atom. The molecule has 0 bridgehead atoms. The van der Waals surface area contributed by atoms with Crippen molar-refractivity contribution in [3.63, 3.8) is 0 Å². The molecular weight excluding hydrogens is 236 g/mol. The first-order valence-corrected chi connectivity index (χ1v) is 6.01. The van der Waals surface area contributed by atoms with E-state index in [9.17, 15) is 20.2 Å². The lowest BCUT2D eigenvalue weighted by atomic mass is 9.84. The molecule has 1 aliphatic rings. The first-order valence-electron chi connectivity index (χ1n) is 6.01. The van der Waals surface area contributed by atoms with Gasteiger partial charge in [0.2, 0.25) is 0 Å². The maximum absolute atomic E-state index is 10.8. The standard InChI is InChI=1S/C12H14N2O4/c15-13(16)11-6-10(7-12(8-11)14(17)18)9-4-2-1-3-5-9/h6-9H,1-5H2. The van der Waals surface area contributed by atoms with Crippen LogP contribution in [0, 0.1) is 20.2 Å². The molecule has 0 heterocycles. The lowest BCUT2D eigenvalue weighted by Gasteiger charge is -2.21. The molecule has 6 nitrogen and oxygen atoms in total. The van der Waals surface area contributed by atoms with E-state index in [0.717, 1.165) is 37.3 Å². The summed E-state index contributed by atoms with van der Waals surface area (Å²) >= 11 is 0. The number of hydrogen-bond donors (Lipinski definition) is 0. The molecule has 0 amide bonds. The van der Waals surface area contributed by atoms with Crippen LogP contribution in [0.25, 0.3) is 0 Å². The normalized spacial score (nSPS) is 16.4. The van der Waals surface area contributed by atoms with Gasteiger partial charge in [0.15, 0.2) is 0 Å². The lowest BCUT2D eigenvalue weighted by Crippen LogP contribution is -2.05. The van der Waals surface area contributed by atoms with Crippen LogP contribution in [0.15, 0.2) is 18.2 Å². The highest BCUT2D eigenvalue weighted by Crippen LogP contribution is 2.36. The molecule has 0 spiro atoms. The largest absolute Gasteiger partial charge is 0.276 e. The highest BCUT2D eigenvalue weighted by Gasteiger charge is 2.22. The minimum atomic E-state index is -0.570. The van der Waals surface area contributed by atoms with Gasteiger partial charge in [-0.3, -0.25) is 20.2 Å². The van der Waals surface area contributed by atoms with Crippen molar-refractivity contribution in [3.05, 3.63) is 44.0 Å². The van der Waals surface area contributed by atoms with E-state index in [1.807, 2.05) is 0 Å². The van der Waals surface area contributed by atoms with Crippen LogP contribution in [0.1, 0.15) is 43.6 Å². The van der Waals surface area contributed by atoms with Gasteiger partial charge in [-0.1, -0.05) is 19.3 Å². The van der Waals surface area contributed by atoms with Gasteiger partial charge in [-0.05, 0) is 24.3 Å². The molecule has 0 saturated heterocycles. The summed E-state index contributed by atoms with van der Waals surface area (Å²) in [7, 11) is 0. The zero-order valence-electron chi connectivity index (χ0n) is 9.87. The number of non-ortho nitro benzene ring substituents is 2. The molecule has 1 aliphatic carbocycles. The van der Waals surface area contributed by atoms with E-state index in [1.165, 1.54) is 18.6 Å². The van der Waals surface area contributed by atoms with Crippen molar-refractivity contribution in [3.8, 4) is 0 Å². The fourth-order valence-corrected chi connectivity index (χ4v) is 2.50. The summed E-state index contributed by atoms with van der Waals surface area (Å²) in [6.07, 6.45) is 5.26. The molecule has 18 heavy (non-hydrogen) atoms. The van der Waals surface area contributed by atoms with Crippen molar-refractivity contribution in [1.29, 1.82) is 0 Å². The van der Waals surface area contributed by atoms with E-state index in [2.05, 4.69) is 0 Å². The van der Waals surface area contributed by atoms with E-state index in [0.29, 0.717) is 0 Å². The van der Waals surface area contributed by atoms with Gasteiger partial charge in [0, 0.05) is 12.1 Å². The Balaban J connectivity index is 2.38. The highest BCUT2D eigenvalue weighted by molar-refractivity contribution is 5.47. The third-order valence-corrected chi connectivity index (χ3v) is 3.42. The van der Waals surface area contributed by atoms with Crippen molar-refractivity contribution >= 4 is 11.4 Å². The van der Waals surface area contributed by atoms with Crippen LogP contribution in [0.5, 0.6) is 0 Å². The van der Waals surface area contributed by atoms with E-state index in [1.54, 1.807) is 0 Å². The molecule has 0 atom stereocenters. The third-order valence-electron chi connectivity index (χ3n) is 3.42. The summed E-state index contributed by atoms with van der Waals surface area (Å²) in [5.41, 5.74) is 0.352. The number of benzene rings is 1. The monoisotopic (exact) mass is 250 g/mol. The Kier molecular flexibility index (Phi) is 3.55. The van der Waals surface area contributed by atoms with Gasteiger partial charge in [-0.2, -0.15) is 0 Å². The summed E-state index contributed by atoms with van der Waals surface area (Å²) in [4.78, 5) is 20.4. The molecule has 1 aromatic rings. The van der Waals surface area contributed by atoms with E-state index < -0.39 is 9.85 Å². The SMILES string of the molecule is O=[N+]([O-])c1cc(C2CCCCC2)cc([N+](=O)[O-])c1. The molecule has 0 aliphatic heterocycles. The average molecular weight is 250 g/mol. The first kappa shape index (κ1) is 12.5. The summed E-state index contributed by atoms with van der Waals surface area (Å²) < 4.78 is 0. The zero-order valence-corrected chi connectivity index (χ0v) is 9.87. The van der Waals surface area contributed by atoms with Gasteiger partial charge in [0.25, 0.3) is 11.4 Å². The second-order valence-electron chi connectivity index (χ2n) is 4.63. The quantitative estimate of drug-likeness (QED) is 0.606. The van der Waals surface area contributed by atoms with Crippen molar-refractivity contribution in [2.75, 3.05) is 0 Å². The zero-order chi connectivity index (χ0) is 13.1. The summed E-state index contributed by atoms with van der Waals surface area (Å²) in [5.74, 6) is 0.220. The van der Waals surface area contributed by atoms with Crippen LogP contribution >= 0.6 is 0 Å². The lowest BCUT2D eigenvalue weighted by molar-refractivity contribution is -0.394. The van der Waals surface area contributed by atoms with Crippen molar-refractivity contribution < 1.29 is 9.85 Å². The molecule has 2 rings (SSSR count). The molecule has 0 aromatic heterocycles. The van der Waals surface area contributed by atoms with Gasteiger partial charge in [0.1, 0.15) is 0 Å². The van der Waals surface area contributed by atoms with Crippen LogP contribution in [0.2, 0.25) is 0 Å². The molecule has 1 aromatic carbocycles. The smallest absolute Gasteiger partial charge is 0.258 e. The minimum Gasteiger partial charge on any atom is -0.258 e. The third kappa shape index (κ3) is 2.64. The minimum absolute atomic E-state index is 0.190. The number of rotatable bonds is 3. The van der Waals surface area contributed by atoms with E-state index in [-0.39, 0.29) is 17.3 Å². The molecule has 1 saturated carbocycles. The van der Waals surface area contributed by atoms with Gasteiger partial charge in [-0.25, -0.2) is 0 Å². The summed E-state index contributed by atoms with van der Waals surface area (Å²) in [6.45, 7) is 0. The maximum atomic E-state index is 10.8. The second-order valence-corrected chi connectivity index (χ2v) is 4.63. The summed E-state index contributed by atoms with van der Waals surface area (Å²) in [5, 5.41) is 21.6. The van der Waals surface area contributed by atoms with Crippen LogP contribution in [0.3, 0.4) is 0 Å². The molecule has 0 N–H and O–H groups in total. The van der Waals surface area contributed by atoms with Crippen LogP contribution in [0.4, 0.5) is 11.4 Å². The topological polar surface area (TPSA) is 86.3 Å². The Morgan fingerprint density at radius 3 is 1.83 bits per heavy atom. The molecular formula is C12H14N2O4. The maximum Gasteiger partial charge on any atom is 0.276 e. The van der Waals surface area contributed by atoms with Gasteiger partial charge >= 0.3 is 0 Å². The molecule has 1 fully saturated rings. The fraction of sp³-hybridized carbons (Fsp3) is 0.500. The van der Waals surface area contributed by atoms with E-state index in [4.69, 9.17) is 0 Å². The predicted molar refractivity (Wildman–Crippen MR) is 65.6 cm³/mol. The predicted octanol–water partition coefficient (Wildman–Crippen LogP) is 3.55. The molecule has 0 unspecified atom stereocenters. The summed E-state index contributed by atoms with van der Waals surface area (Å²) in [6, 6.07) is 3.97. The molecule has 6 heteroatoms. The van der Waals surface area contributed by atoms with Crippen molar-refractivity contribution in [2.45, 2.75) is 38.0 Å². The number of hydrogen-bond acceptors (Lipinski definition) is 4. The number of nitrogens with zero attached hydrogens (tertiary/aromatic N) is 2. The van der Waals surface area contributed by atoms with Crippen molar-refractivity contribution in [1.82, 2.24) is 0 Å². The first-order chi connectivity index (χ1) is 8.58. The van der Waals surface area contributed by atoms with E-state index >= 15 is 0 Å². The van der Waals surface area contributed by atoms with Gasteiger partial charge in [0.05, 0.1) is 15.9 Å². The molecule has 96 valence electrons. The Morgan fingerprint density at radius 1 is 0.889 bits per heavy atom.